The number of nitro groups is 2. The smallest absolute Gasteiger partial charge is 0.406 e. The van der Waals surface area contributed by atoms with Gasteiger partial charge in [-0.2, -0.15) is 0 Å². The highest BCUT2D eigenvalue weighted by molar-refractivity contribution is 9.10. The molecule has 16 heteroatoms. The van der Waals surface area contributed by atoms with Gasteiger partial charge in [0.2, 0.25) is 5.75 Å². The number of hydrogen-bond donors (Lipinski definition) is 2. The quantitative estimate of drug-likeness (QED) is 0.0844. The van der Waals surface area contributed by atoms with Gasteiger partial charge in [0.25, 0.3) is 0 Å². The van der Waals surface area contributed by atoms with Crippen molar-refractivity contribution >= 4 is 59.5 Å². The summed E-state index contributed by atoms with van der Waals surface area (Å²) >= 11 is 6.30. The van der Waals surface area contributed by atoms with Crippen molar-refractivity contribution in [2.75, 3.05) is 0 Å². The van der Waals surface area contributed by atoms with E-state index >= 15 is 0 Å². The predicted molar refractivity (Wildman–Crippen MR) is 200 cm³/mol. The summed E-state index contributed by atoms with van der Waals surface area (Å²) in [6.45, 7) is 13.3. The number of aliphatic hydroxyl groups excluding tert-OH is 1. The van der Waals surface area contributed by atoms with Gasteiger partial charge in [-0.05, 0) is 67.3 Å². The van der Waals surface area contributed by atoms with Crippen LogP contribution in [-0.2, 0) is 13.2 Å². The van der Waals surface area contributed by atoms with Gasteiger partial charge in [-0.15, -0.1) is 11.1 Å². The fraction of sp³-hybridized carbons (Fsp3) is 0.242. The Bertz CT molecular complexity index is 1910. The highest BCUT2D eigenvalue weighted by atomic mass is 79.9. The van der Waals surface area contributed by atoms with Crippen LogP contribution in [0.25, 0.3) is 0 Å². The second kappa shape index (κ2) is 18.9. The Labute approximate surface area is 303 Å². The first kappa shape index (κ1) is 40.7. The lowest BCUT2D eigenvalue weighted by molar-refractivity contribution is -0.390. The van der Waals surface area contributed by atoms with Crippen LogP contribution in [0.5, 0.6) is 11.5 Å². The second-order valence-electron chi connectivity index (χ2n) is 12.2. The summed E-state index contributed by atoms with van der Waals surface area (Å²) in [5, 5.41) is 39.0. The standard InChI is InChI=1S/C17H17BrN2O3Si.C11H15NOSi.C5H3BrN2O3/c1-24(2,3)9-7-15-10-13(6-8-19-15)12-23-17-11-14(18)4-5-16(17)20(21)22;1-14(2,3)7-5-11-8-10(9-13)4-6-12-11;6-3-1-4(9)5(7-2-3)8(10)11/h4-6,8,10-11H,12H2,1-3H3;4,6,8,13H,9H2,1-3H3;1-2,9H. The summed E-state index contributed by atoms with van der Waals surface area (Å²) in [6, 6.07) is 13.1. The van der Waals surface area contributed by atoms with E-state index in [4.69, 9.17) is 14.9 Å². The fourth-order valence-electron chi connectivity index (χ4n) is 3.25. The molecule has 0 amide bonds. The third kappa shape index (κ3) is 16.0. The Balaban J connectivity index is 0.000000282. The van der Waals surface area contributed by atoms with Crippen molar-refractivity contribution in [1.29, 1.82) is 0 Å². The molecule has 0 aliphatic carbocycles. The normalized spacial score (nSPS) is 10.4. The minimum Gasteiger partial charge on any atom is -0.501 e. The third-order valence-corrected chi connectivity index (χ3v) is 8.14. The van der Waals surface area contributed by atoms with Crippen LogP contribution in [0.3, 0.4) is 0 Å². The van der Waals surface area contributed by atoms with Crippen LogP contribution < -0.4 is 4.74 Å². The van der Waals surface area contributed by atoms with Crippen molar-refractivity contribution in [3.8, 4) is 34.4 Å². The summed E-state index contributed by atoms with van der Waals surface area (Å²) in [5.74, 6) is 5.39. The van der Waals surface area contributed by atoms with E-state index in [-0.39, 0.29) is 24.7 Å². The molecule has 0 saturated heterocycles. The fourth-order valence-corrected chi connectivity index (χ4v) is 4.92. The number of benzene rings is 1. The average Bonchev–Trinajstić information content (AvgIpc) is 3.02. The van der Waals surface area contributed by atoms with Gasteiger partial charge >= 0.3 is 11.5 Å². The van der Waals surface area contributed by atoms with E-state index in [0.717, 1.165) is 21.3 Å². The predicted octanol–water partition coefficient (Wildman–Crippen LogP) is 7.82. The van der Waals surface area contributed by atoms with Gasteiger partial charge in [-0.25, -0.2) is 9.97 Å². The molecule has 0 atom stereocenters. The number of aromatic hydroxyl groups is 1. The van der Waals surface area contributed by atoms with Crippen LogP contribution in [0.15, 0.2) is 76.1 Å². The first-order valence-electron chi connectivity index (χ1n) is 14.5. The molecule has 1 aromatic carbocycles. The molecule has 3 heterocycles. The molecule has 49 heavy (non-hydrogen) atoms. The molecule has 0 bridgehead atoms. The highest BCUT2D eigenvalue weighted by Gasteiger charge is 2.16. The number of halogens is 2. The molecule has 0 radical (unpaired) electrons. The number of nitro benzene ring substituents is 1. The zero-order valence-corrected chi connectivity index (χ0v) is 32.9. The third-order valence-electron chi connectivity index (χ3n) is 5.46. The summed E-state index contributed by atoms with van der Waals surface area (Å²) in [4.78, 5) is 31.7. The van der Waals surface area contributed by atoms with Crippen molar-refractivity contribution in [2.45, 2.75) is 52.5 Å². The summed E-state index contributed by atoms with van der Waals surface area (Å²) in [6.07, 6.45) is 4.60. The molecule has 2 N–H and O–H groups in total. The maximum absolute atomic E-state index is 11.1. The minimum absolute atomic E-state index is 0.0458. The van der Waals surface area contributed by atoms with E-state index in [0.29, 0.717) is 10.2 Å². The van der Waals surface area contributed by atoms with Crippen LogP contribution >= 0.6 is 31.9 Å². The molecule has 0 saturated carbocycles. The van der Waals surface area contributed by atoms with E-state index in [1.165, 1.54) is 18.3 Å². The lowest BCUT2D eigenvalue weighted by atomic mass is 10.2. The molecule has 4 rings (SSSR count). The SMILES string of the molecule is C[Si](C)(C)C#Cc1cc(CO)ccn1.C[Si](C)(C)C#Cc1cc(COc2cc(Br)ccc2[N+](=O)[O-])ccn1.O=[N+]([O-])c1ncc(Br)cc1O. The average molecular weight is 830 g/mol. The van der Waals surface area contributed by atoms with Gasteiger partial charge in [0.05, 0.1) is 16.0 Å². The van der Waals surface area contributed by atoms with Gasteiger partial charge in [0.15, 0.2) is 11.9 Å². The molecule has 3 aromatic heterocycles. The Morgan fingerprint density at radius 3 is 1.82 bits per heavy atom. The molecular weight excluding hydrogens is 794 g/mol. The van der Waals surface area contributed by atoms with E-state index in [2.05, 4.69) is 109 Å². The maximum Gasteiger partial charge on any atom is 0.406 e. The molecule has 256 valence electrons. The number of aromatic nitrogens is 3. The molecule has 0 aliphatic rings. The zero-order chi connectivity index (χ0) is 36.8. The highest BCUT2D eigenvalue weighted by Crippen LogP contribution is 2.31. The van der Waals surface area contributed by atoms with E-state index in [9.17, 15) is 20.2 Å². The number of pyridine rings is 3. The number of nitrogens with zero attached hydrogens (tertiary/aromatic N) is 5. The van der Waals surface area contributed by atoms with Crippen molar-refractivity contribution in [3.05, 3.63) is 119 Å². The van der Waals surface area contributed by atoms with Crippen LogP contribution in [0.4, 0.5) is 11.5 Å². The Morgan fingerprint density at radius 2 is 1.33 bits per heavy atom. The molecule has 0 spiro atoms. The second-order valence-corrected chi connectivity index (χ2v) is 23.5. The molecule has 4 aromatic rings. The largest absolute Gasteiger partial charge is 0.501 e. The van der Waals surface area contributed by atoms with E-state index in [1.807, 2.05) is 18.2 Å². The Morgan fingerprint density at radius 1 is 0.776 bits per heavy atom. The summed E-state index contributed by atoms with van der Waals surface area (Å²) in [5.41, 5.74) is 9.58. The number of ether oxygens (including phenoxy) is 1. The lowest BCUT2D eigenvalue weighted by Crippen LogP contribution is -2.16. The molecule has 0 fully saturated rings. The van der Waals surface area contributed by atoms with Gasteiger partial charge in [-0.1, -0.05) is 67.1 Å². The Hall–Kier alpha value is -4.46. The number of rotatable bonds is 6. The topological polar surface area (TPSA) is 175 Å². The maximum atomic E-state index is 11.1. The van der Waals surface area contributed by atoms with E-state index in [1.54, 1.807) is 30.6 Å². The van der Waals surface area contributed by atoms with Gasteiger partial charge in [0.1, 0.15) is 34.1 Å². The zero-order valence-electron chi connectivity index (χ0n) is 27.7. The molecule has 12 nitrogen and oxygen atoms in total. The van der Waals surface area contributed by atoms with Gasteiger partial charge in [0, 0.05) is 35.1 Å². The first-order chi connectivity index (χ1) is 22.9. The summed E-state index contributed by atoms with van der Waals surface area (Å²) < 4.78 is 6.85. The molecular formula is C33H35Br2N5O7Si2. The van der Waals surface area contributed by atoms with Crippen molar-refractivity contribution in [1.82, 2.24) is 15.0 Å². The molecule has 0 unspecified atom stereocenters. The van der Waals surface area contributed by atoms with Crippen LogP contribution in [0, 0.1) is 43.2 Å². The van der Waals surface area contributed by atoms with Crippen LogP contribution in [0.2, 0.25) is 39.3 Å². The van der Waals surface area contributed by atoms with Gasteiger partial charge < -0.3 is 25.1 Å². The number of aliphatic hydroxyl groups is 1. The van der Waals surface area contributed by atoms with E-state index < -0.39 is 37.6 Å². The van der Waals surface area contributed by atoms with Gasteiger partial charge in [-0.3, -0.25) is 10.1 Å². The van der Waals surface area contributed by atoms with Crippen molar-refractivity contribution in [3.63, 3.8) is 0 Å². The first-order valence-corrected chi connectivity index (χ1v) is 23.1. The summed E-state index contributed by atoms with van der Waals surface area (Å²) in [7, 11) is -2.80. The number of hydrogen-bond acceptors (Lipinski definition) is 10. The minimum atomic E-state index is -1.47. The van der Waals surface area contributed by atoms with Crippen molar-refractivity contribution in [2.24, 2.45) is 0 Å². The van der Waals surface area contributed by atoms with Crippen LogP contribution in [-0.4, -0.2) is 51.2 Å². The van der Waals surface area contributed by atoms with Crippen molar-refractivity contribution < 1.29 is 24.8 Å². The Kier molecular flexibility index (Phi) is 15.7. The lowest BCUT2D eigenvalue weighted by Gasteiger charge is -2.08. The van der Waals surface area contributed by atoms with Crippen LogP contribution in [0.1, 0.15) is 22.5 Å². The molecule has 0 aliphatic heterocycles. The monoisotopic (exact) mass is 827 g/mol.